The normalized spacial score (nSPS) is 15.8. The highest BCUT2D eigenvalue weighted by atomic mass is 32.1. The van der Waals surface area contributed by atoms with Crippen molar-refractivity contribution in [1.29, 1.82) is 0 Å². The van der Waals surface area contributed by atoms with Crippen molar-refractivity contribution >= 4 is 17.3 Å². The number of rotatable bonds is 4. The first-order valence-corrected chi connectivity index (χ1v) is 9.07. The molecule has 0 atom stereocenters. The molecule has 23 heavy (non-hydrogen) atoms. The summed E-state index contributed by atoms with van der Waals surface area (Å²) in [7, 11) is 1.83. The number of hydrogen-bond donors (Lipinski definition) is 2. The van der Waals surface area contributed by atoms with E-state index < -0.39 is 0 Å². The number of thiazole rings is 1. The molecule has 1 heterocycles. The lowest BCUT2D eigenvalue weighted by Crippen LogP contribution is -2.41. The van der Waals surface area contributed by atoms with Crippen molar-refractivity contribution in [3.05, 3.63) is 40.9 Å². The van der Waals surface area contributed by atoms with E-state index >= 15 is 0 Å². The average Bonchev–Trinajstić information content (AvgIpc) is 3.22. The van der Waals surface area contributed by atoms with Gasteiger partial charge in [-0.1, -0.05) is 43.2 Å². The summed E-state index contributed by atoms with van der Waals surface area (Å²) in [5, 5.41) is 8.03. The Bertz CT molecular complexity index is 657. The summed E-state index contributed by atoms with van der Waals surface area (Å²) >= 11 is 1.75. The minimum absolute atomic E-state index is 0.573. The van der Waals surface area contributed by atoms with Crippen LogP contribution in [0.15, 0.2) is 35.3 Å². The Kier molecular flexibility index (Phi) is 5.28. The third kappa shape index (κ3) is 4.10. The van der Waals surface area contributed by atoms with E-state index in [1.807, 2.05) is 13.1 Å². The minimum atomic E-state index is 0.573. The standard InChI is InChI=1S/C18H24N4S/c1-13-16(23-17(21-13)14-8-4-3-5-9-14)12-20-18(19-2)22-15-10-6-7-11-15/h3-5,8-9,15H,6-7,10-12H2,1-2H3,(H2,19,20,22). The third-order valence-electron chi connectivity index (χ3n) is 4.25. The van der Waals surface area contributed by atoms with Gasteiger partial charge in [0.15, 0.2) is 5.96 Å². The number of nitrogens with one attached hydrogen (secondary N) is 2. The van der Waals surface area contributed by atoms with E-state index in [1.165, 1.54) is 36.1 Å². The van der Waals surface area contributed by atoms with Gasteiger partial charge in [-0.3, -0.25) is 4.99 Å². The molecule has 0 aliphatic heterocycles. The zero-order valence-electron chi connectivity index (χ0n) is 13.8. The topological polar surface area (TPSA) is 49.3 Å². The highest BCUT2D eigenvalue weighted by Crippen LogP contribution is 2.27. The van der Waals surface area contributed by atoms with Gasteiger partial charge in [0.2, 0.25) is 0 Å². The molecular formula is C18H24N4S. The maximum Gasteiger partial charge on any atom is 0.191 e. The summed E-state index contributed by atoms with van der Waals surface area (Å²) in [5.41, 5.74) is 2.28. The van der Waals surface area contributed by atoms with Gasteiger partial charge in [0.05, 0.1) is 12.2 Å². The van der Waals surface area contributed by atoms with E-state index in [0.29, 0.717) is 6.04 Å². The lowest BCUT2D eigenvalue weighted by atomic mass is 10.2. The van der Waals surface area contributed by atoms with Gasteiger partial charge in [-0.2, -0.15) is 0 Å². The third-order valence-corrected chi connectivity index (χ3v) is 5.46. The summed E-state index contributed by atoms with van der Waals surface area (Å²) in [5.74, 6) is 0.894. The molecule has 122 valence electrons. The summed E-state index contributed by atoms with van der Waals surface area (Å²) in [4.78, 5) is 10.3. The van der Waals surface area contributed by atoms with Gasteiger partial charge >= 0.3 is 0 Å². The monoisotopic (exact) mass is 328 g/mol. The molecule has 1 aromatic carbocycles. The van der Waals surface area contributed by atoms with Crippen molar-refractivity contribution in [1.82, 2.24) is 15.6 Å². The highest BCUT2D eigenvalue weighted by molar-refractivity contribution is 7.15. The van der Waals surface area contributed by atoms with Gasteiger partial charge in [0.1, 0.15) is 5.01 Å². The zero-order valence-corrected chi connectivity index (χ0v) is 14.6. The number of nitrogens with zero attached hydrogens (tertiary/aromatic N) is 2. The molecule has 2 aromatic rings. The van der Waals surface area contributed by atoms with Crippen LogP contribution in [0.1, 0.15) is 36.3 Å². The molecule has 0 amide bonds. The first kappa shape index (κ1) is 16.0. The number of aryl methyl sites for hydroxylation is 1. The number of guanidine groups is 1. The Morgan fingerprint density at radius 3 is 2.70 bits per heavy atom. The van der Waals surface area contributed by atoms with Gasteiger partial charge in [0.25, 0.3) is 0 Å². The van der Waals surface area contributed by atoms with Crippen LogP contribution in [0.4, 0.5) is 0 Å². The molecule has 0 spiro atoms. The van der Waals surface area contributed by atoms with E-state index in [1.54, 1.807) is 11.3 Å². The summed E-state index contributed by atoms with van der Waals surface area (Å²) in [6.07, 6.45) is 5.14. The van der Waals surface area contributed by atoms with Gasteiger partial charge in [-0.05, 0) is 19.8 Å². The summed E-state index contributed by atoms with van der Waals surface area (Å²) in [6, 6.07) is 10.9. The van der Waals surface area contributed by atoms with Crippen molar-refractivity contribution < 1.29 is 0 Å². The molecule has 0 unspecified atom stereocenters. The maximum atomic E-state index is 4.71. The summed E-state index contributed by atoms with van der Waals surface area (Å²) < 4.78 is 0. The second-order valence-corrected chi connectivity index (χ2v) is 7.03. The molecule has 0 radical (unpaired) electrons. The van der Waals surface area contributed by atoms with Crippen LogP contribution in [0.5, 0.6) is 0 Å². The number of hydrogen-bond acceptors (Lipinski definition) is 3. The van der Waals surface area contributed by atoms with E-state index in [0.717, 1.165) is 23.2 Å². The van der Waals surface area contributed by atoms with Gasteiger partial charge < -0.3 is 10.6 Å². The minimum Gasteiger partial charge on any atom is -0.354 e. The molecular weight excluding hydrogens is 304 g/mol. The lowest BCUT2D eigenvalue weighted by molar-refractivity contribution is 0.614. The lowest BCUT2D eigenvalue weighted by Gasteiger charge is -2.16. The maximum absolute atomic E-state index is 4.71. The second kappa shape index (κ2) is 7.59. The average molecular weight is 328 g/mol. The molecule has 1 aliphatic carbocycles. The van der Waals surface area contributed by atoms with Crippen molar-refractivity contribution in [2.45, 2.75) is 45.2 Å². The van der Waals surface area contributed by atoms with Crippen LogP contribution in [0.25, 0.3) is 10.6 Å². The van der Waals surface area contributed by atoms with E-state index in [2.05, 4.69) is 46.8 Å². The highest BCUT2D eigenvalue weighted by Gasteiger charge is 2.16. The largest absolute Gasteiger partial charge is 0.354 e. The Labute approximate surface area is 142 Å². The number of benzene rings is 1. The second-order valence-electron chi connectivity index (χ2n) is 5.95. The zero-order chi connectivity index (χ0) is 16.1. The fourth-order valence-electron chi connectivity index (χ4n) is 2.92. The molecule has 1 fully saturated rings. The van der Waals surface area contributed by atoms with Crippen molar-refractivity contribution in [2.75, 3.05) is 7.05 Å². The molecule has 1 saturated carbocycles. The smallest absolute Gasteiger partial charge is 0.191 e. The first-order chi connectivity index (χ1) is 11.3. The van der Waals surface area contributed by atoms with Gasteiger partial charge in [-0.15, -0.1) is 11.3 Å². The molecule has 3 rings (SSSR count). The Morgan fingerprint density at radius 2 is 2.00 bits per heavy atom. The van der Waals surface area contributed by atoms with E-state index in [9.17, 15) is 0 Å². The van der Waals surface area contributed by atoms with Crippen molar-refractivity contribution in [3.8, 4) is 10.6 Å². The van der Waals surface area contributed by atoms with Gasteiger partial charge in [-0.25, -0.2) is 4.98 Å². The molecule has 1 aliphatic rings. The molecule has 1 aromatic heterocycles. The predicted octanol–water partition coefficient (Wildman–Crippen LogP) is 3.73. The number of aromatic nitrogens is 1. The van der Waals surface area contributed by atoms with Crippen LogP contribution < -0.4 is 10.6 Å². The van der Waals surface area contributed by atoms with E-state index in [-0.39, 0.29) is 0 Å². The quantitative estimate of drug-likeness (QED) is 0.664. The van der Waals surface area contributed by atoms with Crippen molar-refractivity contribution in [2.24, 2.45) is 4.99 Å². The molecule has 4 nitrogen and oxygen atoms in total. The molecule has 0 bridgehead atoms. The Balaban J connectivity index is 1.62. The van der Waals surface area contributed by atoms with Gasteiger partial charge in [0, 0.05) is 23.5 Å². The summed E-state index contributed by atoms with van der Waals surface area (Å²) in [6.45, 7) is 2.84. The fraction of sp³-hybridized carbons (Fsp3) is 0.444. The van der Waals surface area contributed by atoms with Crippen LogP contribution in [-0.4, -0.2) is 24.0 Å². The SMILES string of the molecule is CN=C(NCc1sc(-c2ccccc2)nc1C)NC1CCCC1. The fourth-order valence-corrected chi connectivity index (χ4v) is 3.93. The number of aliphatic imine (C=N–C) groups is 1. The Morgan fingerprint density at radius 1 is 1.26 bits per heavy atom. The molecule has 5 heteroatoms. The molecule has 2 N–H and O–H groups in total. The van der Waals surface area contributed by atoms with E-state index in [4.69, 9.17) is 4.98 Å². The van der Waals surface area contributed by atoms with Crippen LogP contribution in [-0.2, 0) is 6.54 Å². The van der Waals surface area contributed by atoms with Crippen LogP contribution in [0, 0.1) is 6.92 Å². The predicted molar refractivity (Wildman–Crippen MR) is 97.9 cm³/mol. The van der Waals surface area contributed by atoms with Crippen LogP contribution >= 0.6 is 11.3 Å². The van der Waals surface area contributed by atoms with Crippen LogP contribution in [0.3, 0.4) is 0 Å². The first-order valence-electron chi connectivity index (χ1n) is 8.25. The molecule has 0 saturated heterocycles. The van der Waals surface area contributed by atoms with Crippen molar-refractivity contribution in [3.63, 3.8) is 0 Å². The Hall–Kier alpha value is -1.88. The van der Waals surface area contributed by atoms with Crippen LogP contribution in [0.2, 0.25) is 0 Å².